The fraction of sp³-hybridized carbons (Fsp3) is 0.500. The number of benzene rings is 2. The maximum Gasteiger partial charge on any atom is 0.333 e. The maximum atomic E-state index is 11.4. The highest BCUT2D eigenvalue weighted by atomic mass is 32.1. The van der Waals surface area contributed by atoms with Crippen molar-refractivity contribution < 1.29 is 14.6 Å². The Hall–Kier alpha value is -2.24. The van der Waals surface area contributed by atoms with Crippen LogP contribution in [0.2, 0.25) is 0 Å². The Morgan fingerprint density at radius 1 is 1.06 bits per heavy atom. The number of nitrogens with zero attached hydrogens (tertiary/aromatic N) is 1. The molecule has 33 heavy (non-hydrogen) atoms. The molecule has 2 atom stereocenters. The van der Waals surface area contributed by atoms with Crippen molar-refractivity contribution in [3.63, 3.8) is 0 Å². The smallest absolute Gasteiger partial charge is 0.333 e. The summed E-state index contributed by atoms with van der Waals surface area (Å²) in [6.45, 7) is 2.21. The molecule has 3 rings (SSSR count). The summed E-state index contributed by atoms with van der Waals surface area (Å²) in [7, 11) is 2.18. The van der Waals surface area contributed by atoms with Crippen LogP contribution in [0.1, 0.15) is 68.1 Å². The van der Waals surface area contributed by atoms with E-state index in [0.29, 0.717) is 19.1 Å². The molecule has 0 bridgehead atoms. The number of hydrogen-bond donors (Lipinski definition) is 1. The zero-order valence-corrected chi connectivity index (χ0v) is 20.7. The van der Waals surface area contributed by atoms with Gasteiger partial charge in [-0.05, 0) is 49.3 Å². The minimum atomic E-state index is -0.915. The Labute approximate surface area is 204 Å². The number of carbonyl (C=O) groups is 1. The second-order valence-electron chi connectivity index (χ2n) is 9.05. The van der Waals surface area contributed by atoms with E-state index in [1.165, 1.54) is 43.2 Å². The minimum absolute atomic E-state index is 0.210. The number of thiocarbonyl (C=S) groups is 1. The summed E-state index contributed by atoms with van der Waals surface area (Å²) in [6, 6.07) is 19.4. The first-order valence-corrected chi connectivity index (χ1v) is 12.6. The quantitative estimate of drug-likeness (QED) is 0.409. The third-order valence-electron chi connectivity index (χ3n) is 6.78. The molecule has 0 amide bonds. The van der Waals surface area contributed by atoms with Crippen molar-refractivity contribution in [2.75, 3.05) is 13.7 Å². The van der Waals surface area contributed by atoms with E-state index in [1.54, 1.807) is 0 Å². The van der Waals surface area contributed by atoms with Gasteiger partial charge in [-0.2, -0.15) is 0 Å². The molecule has 0 aliphatic heterocycles. The standard InChI is InChI=1S/C28H37NO3S/c1-3-32-26(28(30)31)20-22-16-14-21(15-17-22)18-19-25(23-10-6-4-7-11-23)27(33)29(2)24-12-8-5-9-13-24/h4,6-7,10-11,14-17,24-26H,3,5,8-9,12-13,18-20H2,1-2H3,(H,30,31)/t25?,26-/m0/s1. The van der Waals surface area contributed by atoms with Gasteiger partial charge in [0.25, 0.3) is 0 Å². The van der Waals surface area contributed by atoms with Crippen LogP contribution in [0.5, 0.6) is 0 Å². The van der Waals surface area contributed by atoms with Crippen LogP contribution in [0.4, 0.5) is 0 Å². The number of ether oxygens (including phenoxy) is 1. The van der Waals surface area contributed by atoms with Gasteiger partial charge in [0, 0.05) is 32.0 Å². The predicted molar refractivity (Wildman–Crippen MR) is 138 cm³/mol. The van der Waals surface area contributed by atoms with E-state index in [9.17, 15) is 9.90 Å². The molecule has 4 nitrogen and oxygen atoms in total. The molecule has 1 aliphatic carbocycles. The van der Waals surface area contributed by atoms with Crippen LogP contribution < -0.4 is 0 Å². The van der Waals surface area contributed by atoms with Gasteiger partial charge in [0.15, 0.2) is 6.10 Å². The number of carboxylic acid groups (broad SMARTS) is 1. The van der Waals surface area contributed by atoms with Crippen LogP contribution in [0.25, 0.3) is 0 Å². The molecular formula is C28H37NO3S. The van der Waals surface area contributed by atoms with E-state index in [4.69, 9.17) is 17.0 Å². The first-order chi connectivity index (χ1) is 16.0. The van der Waals surface area contributed by atoms with Gasteiger partial charge in [0.2, 0.25) is 0 Å². The fourth-order valence-electron chi connectivity index (χ4n) is 4.80. The summed E-state index contributed by atoms with van der Waals surface area (Å²) < 4.78 is 5.35. The second kappa shape index (κ2) is 12.9. The summed E-state index contributed by atoms with van der Waals surface area (Å²) in [5.74, 6) is -0.704. The molecule has 0 radical (unpaired) electrons. The van der Waals surface area contributed by atoms with E-state index in [1.807, 2.05) is 19.1 Å². The largest absolute Gasteiger partial charge is 0.479 e. The molecule has 0 saturated heterocycles. The molecule has 1 saturated carbocycles. The molecule has 0 spiro atoms. The van der Waals surface area contributed by atoms with Crippen LogP contribution in [0.3, 0.4) is 0 Å². The third kappa shape index (κ3) is 7.38. The Bertz CT molecular complexity index is 878. The Balaban J connectivity index is 1.67. The lowest BCUT2D eigenvalue weighted by molar-refractivity contribution is -0.149. The Morgan fingerprint density at radius 2 is 1.70 bits per heavy atom. The summed E-state index contributed by atoms with van der Waals surface area (Å²) in [5, 5.41) is 9.32. The topological polar surface area (TPSA) is 49.8 Å². The van der Waals surface area contributed by atoms with Gasteiger partial charge in [-0.25, -0.2) is 4.79 Å². The van der Waals surface area contributed by atoms with Crippen LogP contribution in [-0.4, -0.2) is 46.8 Å². The molecule has 2 aromatic carbocycles. The van der Waals surface area contributed by atoms with Crippen molar-refractivity contribution in [1.29, 1.82) is 0 Å². The lowest BCUT2D eigenvalue weighted by Gasteiger charge is -2.36. The lowest BCUT2D eigenvalue weighted by atomic mass is 9.89. The van der Waals surface area contributed by atoms with Crippen LogP contribution in [0, 0.1) is 0 Å². The second-order valence-corrected chi connectivity index (χ2v) is 9.46. The normalized spacial score (nSPS) is 16.2. The molecule has 1 fully saturated rings. The monoisotopic (exact) mass is 467 g/mol. The van der Waals surface area contributed by atoms with Gasteiger partial charge in [-0.15, -0.1) is 0 Å². The van der Waals surface area contributed by atoms with Gasteiger partial charge in [-0.3, -0.25) is 0 Å². The Morgan fingerprint density at radius 3 is 2.30 bits per heavy atom. The number of aliphatic carboxylic acids is 1. The van der Waals surface area contributed by atoms with Crippen molar-refractivity contribution in [3.05, 3.63) is 71.3 Å². The number of rotatable bonds is 11. The zero-order valence-electron chi connectivity index (χ0n) is 19.9. The third-order valence-corrected chi connectivity index (χ3v) is 7.35. The highest BCUT2D eigenvalue weighted by molar-refractivity contribution is 7.80. The molecule has 0 aromatic heterocycles. The lowest BCUT2D eigenvalue weighted by Crippen LogP contribution is -2.40. The number of hydrogen-bond acceptors (Lipinski definition) is 3. The SMILES string of the molecule is CCO[C@@H](Cc1ccc(CCC(C(=S)N(C)C2CCCCC2)c2ccccc2)cc1)C(=O)O. The van der Waals surface area contributed by atoms with Crippen molar-refractivity contribution in [3.8, 4) is 0 Å². The molecule has 178 valence electrons. The van der Waals surface area contributed by atoms with E-state index in [-0.39, 0.29) is 5.92 Å². The summed E-state index contributed by atoms with van der Waals surface area (Å²) in [6.07, 6.45) is 7.87. The van der Waals surface area contributed by atoms with Crippen molar-refractivity contribution in [2.24, 2.45) is 0 Å². The van der Waals surface area contributed by atoms with Crippen molar-refractivity contribution in [2.45, 2.75) is 76.4 Å². The Kier molecular flexibility index (Phi) is 9.89. The van der Waals surface area contributed by atoms with E-state index in [2.05, 4.69) is 54.4 Å². The summed E-state index contributed by atoms with van der Waals surface area (Å²) in [4.78, 5) is 14.8. The van der Waals surface area contributed by atoms with E-state index in [0.717, 1.165) is 23.4 Å². The molecule has 1 N–H and O–H groups in total. The van der Waals surface area contributed by atoms with Gasteiger partial charge >= 0.3 is 5.97 Å². The first kappa shape index (κ1) is 25.4. The molecule has 5 heteroatoms. The fourth-order valence-corrected chi connectivity index (χ4v) is 5.20. The average Bonchev–Trinajstić information content (AvgIpc) is 2.85. The van der Waals surface area contributed by atoms with Crippen LogP contribution in [-0.2, 0) is 22.4 Å². The molecule has 1 unspecified atom stereocenters. The maximum absolute atomic E-state index is 11.4. The number of likely N-dealkylation sites (N-methyl/N-ethyl adjacent to an activating group) is 1. The van der Waals surface area contributed by atoms with Crippen LogP contribution >= 0.6 is 12.2 Å². The number of aryl methyl sites for hydroxylation is 1. The highest BCUT2D eigenvalue weighted by Gasteiger charge is 2.26. The first-order valence-electron chi connectivity index (χ1n) is 12.2. The average molecular weight is 468 g/mol. The summed E-state index contributed by atoms with van der Waals surface area (Å²) >= 11 is 6.05. The van der Waals surface area contributed by atoms with Crippen molar-refractivity contribution in [1.82, 2.24) is 4.90 Å². The van der Waals surface area contributed by atoms with Crippen molar-refractivity contribution >= 4 is 23.2 Å². The molecule has 0 heterocycles. The summed E-state index contributed by atoms with van der Waals surface area (Å²) in [5.41, 5.74) is 3.50. The predicted octanol–water partition coefficient (Wildman–Crippen LogP) is 6.03. The van der Waals surface area contributed by atoms with Gasteiger partial charge in [-0.1, -0.05) is 86.1 Å². The zero-order chi connectivity index (χ0) is 23.6. The molecule has 2 aromatic rings. The molecular weight excluding hydrogens is 430 g/mol. The van der Waals surface area contributed by atoms with Gasteiger partial charge < -0.3 is 14.7 Å². The number of carboxylic acids is 1. The molecule has 1 aliphatic rings. The minimum Gasteiger partial charge on any atom is -0.479 e. The highest BCUT2D eigenvalue weighted by Crippen LogP contribution is 2.29. The van der Waals surface area contributed by atoms with Gasteiger partial charge in [0.1, 0.15) is 0 Å². The van der Waals surface area contributed by atoms with E-state index < -0.39 is 12.1 Å². The van der Waals surface area contributed by atoms with Crippen LogP contribution in [0.15, 0.2) is 54.6 Å². The van der Waals surface area contributed by atoms with E-state index >= 15 is 0 Å². The van der Waals surface area contributed by atoms with Gasteiger partial charge in [0.05, 0.1) is 4.99 Å².